The Morgan fingerprint density at radius 2 is 1.92 bits per heavy atom. The van der Waals surface area contributed by atoms with Gasteiger partial charge in [0.25, 0.3) is 0 Å². The molecule has 0 aliphatic rings. The molecule has 136 valence electrons. The summed E-state index contributed by atoms with van der Waals surface area (Å²) in [6, 6.07) is 11.8. The van der Waals surface area contributed by atoms with Gasteiger partial charge < -0.3 is 10.6 Å². The molecular formula is C17H20N6OS2. The van der Waals surface area contributed by atoms with E-state index in [9.17, 15) is 4.79 Å². The average Bonchev–Trinajstić information content (AvgIpc) is 3.25. The van der Waals surface area contributed by atoms with Crippen LogP contribution in [-0.2, 0) is 4.79 Å². The largest absolute Gasteiger partial charge is 0.330 e. The molecule has 0 fully saturated rings. The van der Waals surface area contributed by atoms with Crippen molar-refractivity contribution in [1.82, 2.24) is 20.0 Å². The highest BCUT2D eigenvalue weighted by molar-refractivity contribution is 8.02. The van der Waals surface area contributed by atoms with E-state index in [-0.39, 0.29) is 17.2 Å². The zero-order valence-corrected chi connectivity index (χ0v) is 16.3. The summed E-state index contributed by atoms with van der Waals surface area (Å²) in [5.41, 5.74) is 0.952. The topological polar surface area (TPSA) is 84.7 Å². The van der Waals surface area contributed by atoms with Crippen LogP contribution >= 0.6 is 23.1 Å². The van der Waals surface area contributed by atoms with Crippen molar-refractivity contribution in [2.75, 3.05) is 10.6 Å². The maximum absolute atomic E-state index is 12.5. The normalized spacial score (nSPS) is 12.2. The lowest BCUT2D eigenvalue weighted by molar-refractivity contribution is -0.115. The third-order valence-electron chi connectivity index (χ3n) is 3.49. The number of anilines is 3. The van der Waals surface area contributed by atoms with Gasteiger partial charge in [0.15, 0.2) is 4.34 Å². The summed E-state index contributed by atoms with van der Waals surface area (Å²) in [5.74, 6) is 0.603. The smallest absolute Gasteiger partial charge is 0.238 e. The summed E-state index contributed by atoms with van der Waals surface area (Å²) in [6.07, 6.45) is 1.68. The van der Waals surface area contributed by atoms with Crippen LogP contribution in [0.2, 0.25) is 0 Å². The first-order valence-electron chi connectivity index (χ1n) is 8.19. The molecule has 1 amide bonds. The molecular weight excluding hydrogens is 368 g/mol. The predicted octanol–water partition coefficient (Wildman–Crippen LogP) is 4.18. The number of carbonyl (C=O) groups is 1. The Kier molecular flexibility index (Phi) is 5.89. The third-order valence-corrected chi connectivity index (χ3v) is 5.51. The first kappa shape index (κ1) is 18.4. The molecule has 26 heavy (non-hydrogen) atoms. The van der Waals surface area contributed by atoms with Crippen LogP contribution in [0.4, 0.5) is 16.6 Å². The number of carbonyl (C=O) groups excluding carboxylic acids is 1. The first-order chi connectivity index (χ1) is 12.5. The van der Waals surface area contributed by atoms with E-state index in [4.69, 9.17) is 0 Å². The van der Waals surface area contributed by atoms with E-state index < -0.39 is 0 Å². The van der Waals surface area contributed by atoms with Crippen molar-refractivity contribution in [3.8, 4) is 0 Å². The fourth-order valence-corrected chi connectivity index (χ4v) is 4.13. The summed E-state index contributed by atoms with van der Waals surface area (Å²) in [4.78, 5) is 12.5. The molecule has 3 rings (SSSR count). The van der Waals surface area contributed by atoms with Gasteiger partial charge in [-0.15, -0.1) is 10.2 Å². The van der Waals surface area contributed by atoms with Crippen LogP contribution in [0.5, 0.6) is 0 Å². The van der Waals surface area contributed by atoms with Gasteiger partial charge in [-0.25, -0.2) is 4.68 Å². The molecule has 0 saturated heterocycles. The Balaban J connectivity index is 1.58. The molecule has 1 atom stereocenters. The van der Waals surface area contributed by atoms with Gasteiger partial charge in [0.2, 0.25) is 11.0 Å². The second-order valence-electron chi connectivity index (χ2n) is 5.87. The third kappa shape index (κ3) is 4.61. The highest BCUT2D eigenvalue weighted by Gasteiger charge is 2.19. The Morgan fingerprint density at radius 3 is 2.65 bits per heavy atom. The molecule has 7 nitrogen and oxygen atoms in total. The summed E-state index contributed by atoms with van der Waals surface area (Å²) in [5, 5.41) is 19.0. The molecule has 2 aromatic heterocycles. The molecule has 1 unspecified atom stereocenters. The van der Waals surface area contributed by atoms with Crippen molar-refractivity contribution in [1.29, 1.82) is 0 Å². The Bertz CT molecular complexity index is 861. The number of hydrogen-bond donors (Lipinski definition) is 2. The maximum Gasteiger partial charge on any atom is 0.238 e. The van der Waals surface area contributed by atoms with E-state index in [0.29, 0.717) is 10.9 Å². The SMILES string of the molecule is CC(Sc1nnc(Nc2ccccc2)s1)C(=O)Nc1ccnn1C(C)C. The van der Waals surface area contributed by atoms with Crippen LogP contribution in [0.1, 0.15) is 26.8 Å². The predicted molar refractivity (Wildman–Crippen MR) is 106 cm³/mol. The van der Waals surface area contributed by atoms with E-state index >= 15 is 0 Å². The zero-order chi connectivity index (χ0) is 18.5. The van der Waals surface area contributed by atoms with Gasteiger partial charge in [-0.3, -0.25) is 4.79 Å². The number of nitrogens with zero attached hydrogens (tertiary/aromatic N) is 4. The molecule has 1 aromatic carbocycles. The monoisotopic (exact) mass is 388 g/mol. The molecule has 2 N–H and O–H groups in total. The van der Waals surface area contributed by atoms with Gasteiger partial charge in [0.1, 0.15) is 5.82 Å². The van der Waals surface area contributed by atoms with Gasteiger partial charge >= 0.3 is 0 Å². The van der Waals surface area contributed by atoms with Gasteiger partial charge in [0, 0.05) is 17.8 Å². The van der Waals surface area contributed by atoms with Crippen LogP contribution < -0.4 is 10.6 Å². The fraction of sp³-hybridized carbons (Fsp3) is 0.294. The van der Waals surface area contributed by atoms with Crippen LogP contribution in [0.25, 0.3) is 0 Å². The summed E-state index contributed by atoms with van der Waals surface area (Å²) in [7, 11) is 0. The molecule has 9 heteroatoms. The average molecular weight is 389 g/mol. The minimum Gasteiger partial charge on any atom is -0.330 e. The van der Waals surface area contributed by atoms with Crippen LogP contribution in [0.3, 0.4) is 0 Å². The second-order valence-corrected chi connectivity index (χ2v) is 8.43. The number of benzene rings is 1. The molecule has 0 radical (unpaired) electrons. The van der Waals surface area contributed by atoms with Crippen LogP contribution in [0, 0.1) is 0 Å². The number of para-hydroxylation sites is 1. The lowest BCUT2D eigenvalue weighted by atomic mass is 10.3. The van der Waals surface area contributed by atoms with E-state index in [1.54, 1.807) is 16.9 Å². The van der Waals surface area contributed by atoms with Crippen LogP contribution in [0.15, 0.2) is 46.9 Å². The lowest BCUT2D eigenvalue weighted by Gasteiger charge is -2.14. The number of amides is 1. The Hall–Kier alpha value is -2.39. The second kappa shape index (κ2) is 8.33. The van der Waals surface area contributed by atoms with E-state index in [0.717, 1.165) is 10.0 Å². The molecule has 3 aromatic rings. The number of hydrogen-bond acceptors (Lipinski definition) is 7. The minimum atomic E-state index is -0.303. The number of aromatic nitrogens is 4. The molecule has 0 aliphatic heterocycles. The lowest BCUT2D eigenvalue weighted by Crippen LogP contribution is -2.24. The molecule has 2 heterocycles. The first-order valence-corrected chi connectivity index (χ1v) is 9.89. The number of nitrogens with one attached hydrogen (secondary N) is 2. The van der Waals surface area contributed by atoms with Crippen molar-refractivity contribution >= 4 is 45.6 Å². The Morgan fingerprint density at radius 1 is 1.15 bits per heavy atom. The summed E-state index contributed by atoms with van der Waals surface area (Å²) >= 11 is 2.80. The van der Waals surface area contributed by atoms with Gasteiger partial charge in [-0.05, 0) is 32.9 Å². The molecule has 0 spiro atoms. The fourth-order valence-electron chi connectivity index (χ4n) is 2.21. The van der Waals surface area contributed by atoms with Gasteiger partial charge in [-0.1, -0.05) is 41.3 Å². The highest BCUT2D eigenvalue weighted by atomic mass is 32.2. The van der Waals surface area contributed by atoms with Gasteiger partial charge in [-0.2, -0.15) is 5.10 Å². The van der Waals surface area contributed by atoms with Gasteiger partial charge in [0.05, 0.1) is 11.4 Å². The van der Waals surface area contributed by atoms with Crippen molar-refractivity contribution in [3.05, 3.63) is 42.6 Å². The van der Waals surface area contributed by atoms with E-state index in [1.165, 1.54) is 23.1 Å². The van der Waals surface area contributed by atoms with Crippen molar-refractivity contribution in [3.63, 3.8) is 0 Å². The highest BCUT2D eigenvalue weighted by Crippen LogP contribution is 2.30. The summed E-state index contributed by atoms with van der Waals surface area (Å²) in [6.45, 7) is 5.88. The molecule has 0 aliphatic carbocycles. The number of thioether (sulfide) groups is 1. The van der Waals surface area contributed by atoms with Crippen molar-refractivity contribution in [2.45, 2.75) is 36.4 Å². The van der Waals surface area contributed by atoms with E-state index in [1.807, 2.05) is 51.1 Å². The minimum absolute atomic E-state index is 0.0924. The Labute approximate surface area is 160 Å². The summed E-state index contributed by atoms with van der Waals surface area (Å²) < 4.78 is 2.52. The number of rotatable bonds is 7. The van der Waals surface area contributed by atoms with E-state index in [2.05, 4.69) is 25.9 Å². The zero-order valence-electron chi connectivity index (χ0n) is 14.7. The standard InChI is InChI=1S/C17H20N6OS2/c1-11(2)23-14(9-10-18-23)20-15(24)12(3)25-17-22-21-16(26-17)19-13-7-5-4-6-8-13/h4-12H,1-3H3,(H,19,21)(H,20,24). The molecule has 0 saturated carbocycles. The maximum atomic E-state index is 12.5. The molecule has 0 bridgehead atoms. The van der Waals surface area contributed by atoms with Crippen molar-refractivity contribution < 1.29 is 4.79 Å². The quantitative estimate of drug-likeness (QED) is 0.591. The van der Waals surface area contributed by atoms with Crippen LogP contribution in [-0.4, -0.2) is 31.1 Å². The van der Waals surface area contributed by atoms with Crippen molar-refractivity contribution in [2.24, 2.45) is 0 Å².